The summed E-state index contributed by atoms with van der Waals surface area (Å²) in [6.45, 7) is 2.78. The van der Waals surface area contributed by atoms with Crippen molar-refractivity contribution in [1.29, 1.82) is 0 Å². The van der Waals surface area contributed by atoms with Crippen LogP contribution in [0.1, 0.15) is 11.1 Å². The van der Waals surface area contributed by atoms with Crippen LogP contribution < -0.4 is 4.90 Å². The second kappa shape index (κ2) is 6.59. The van der Waals surface area contributed by atoms with Crippen molar-refractivity contribution in [2.24, 2.45) is 0 Å². The first-order chi connectivity index (χ1) is 8.08. The van der Waals surface area contributed by atoms with Gasteiger partial charge in [-0.05, 0) is 13.0 Å². The van der Waals surface area contributed by atoms with Gasteiger partial charge in [0.05, 0.1) is 19.3 Å². The number of aliphatic hydroxyl groups excluding tert-OH is 2. The second-order valence-electron chi connectivity index (χ2n) is 4.28. The van der Waals surface area contributed by atoms with Crippen LogP contribution >= 0.6 is 0 Å². The van der Waals surface area contributed by atoms with Crippen molar-refractivity contribution in [1.82, 2.24) is 0 Å². The Bertz CT molecular complexity index is 355. The lowest BCUT2D eigenvalue weighted by Gasteiger charge is -2.24. The van der Waals surface area contributed by atoms with Crippen molar-refractivity contribution in [2.45, 2.75) is 19.6 Å². The molecule has 0 aliphatic rings. The number of nitrogens with zero attached hydrogens (tertiary/aromatic N) is 1. The predicted molar refractivity (Wildman–Crippen MR) is 68.3 cm³/mol. The quantitative estimate of drug-likeness (QED) is 0.775. The highest BCUT2D eigenvalue weighted by Gasteiger charge is 2.11. The Morgan fingerprint density at radius 3 is 2.71 bits per heavy atom. The number of rotatable bonds is 6. The number of anilines is 1. The minimum Gasteiger partial charge on any atom is -0.392 e. The van der Waals surface area contributed by atoms with Crippen LogP contribution in [0.25, 0.3) is 0 Å². The Morgan fingerprint density at radius 1 is 1.41 bits per heavy atom. The largest absolute Gasteiger partial charge is 0.392 e. The fourth-order valence-electron chi connectivity index (χ4n) is 1.87. The summed E-state index contributed by atoms with van der Waals surface area (Å²) < 4.78 is 4.89. The molecule has 1 atom stereocenters. The summed E-state index contributed by atoms with van der Waals surface area (Å²) in [5.41, 5.74) is 2.93. The minimum absolute atomic E-state index is 0.00171. The predicted octanol–water partition coefficient (Wildman–Crippen LogP) is 0.931. The van der Waals surface area contributed by atoms with Gasteiger partial charge >= 0.3 is 0 Å². The molecule has 0 aliphatic carbocycles. The van der Waals surface area contributed by atoms with E-state index in [2.05, 4.69) is 0 Å². The van der Waals surface area contributed by atoms with E-state index < -0.39 is 6.10 Å². The van der Waals surface area contributed by atoms with Gasteiger partial charge < -0.3 is 19.8 Å². The van der Waals surface area contributed by atoms with Gasteiger partial charge in [-0.1, -0.05) is 17.7 Å². The number of hydrogen-bond donors (Lipinski definition) is 2. The number of hydrogen-bond acceptors (Lipinski definition) is 4. The molecule has 0 fully saturated rings. The van der Waals surface area contributed by atoms with E-state index in [0.29, 0.717) is 13.2 Å². The van der Waals surface area contributed by atoms with Crippen LogP contribution in [0.4, 0.5) is 5.69 Å². The van der Waals surface area contributed by atoms with Crippen LogP contribution in [-0.2, 0) is 11.3 Å². The third-order valence-corrected chi connectivity index (χ3v) is 2.66. The van der Waals surface area contributed by atoms with E-state index in [1.54, 1.807) is 7.11 Å². The zero-order valence-corrected chi connectivity index (χ0v) is 10.7. The molecule has 0 radical (unpaired) electrons. The Hall–Kier alpha value is -1.10. The second-order valence-corrected chi connectivity index (χ2v) is 4.28. The lowest BCUT2D eigenvalue weighted by atomic mass is 10.1. The Labute approximate surface area is 102 Å². The van der Waals surface area contributed by atoms with Gasteiger partial charge in [0.1, 0.15) is 0 Å². The Morgan fingerprint density at radius 2 is 2.12 bits per heavy atom. The average molecular weight is 239 g/mol. The van der Waals surface area contributed by atoms with Crippen molar-refractivity contribution in [2.75, 3.05) is 32.2 Å². The smallest absolute Gasteiger partial charge is 0.0947 e. The minimum atomic E-state index is -0.530. The normalized spacial score (nSPS) is 12.5. The van der Waals surface area contributed by atoms with Crippen LogP contribution in [0.3, 0.4) is 0 Å². The van der Waals surface area contributed by atoms with E-state index in [0.717, 1.165) is 16.8 Å². The molecule has 1 aromatic carbocycles. The summed E-state index contributed by atoms with van der Waals surface area (Å²) >= 11 is 0. The molecule has 4 heteroatoms. The molecule has 0 spiro atoms. The van der Waals surface area contributed by atoms with Crippen molar-refractivity contribution < 1.29 is 14.9 Å². The maximum Gasteiger partial charge on any atom is 0.0947 e. The number of ether oxygens (including phenoxy) is 1. The van der Waals surface area contributed by atoms with Gasteiger partial charge in [0.2, 0.25) is 0 Å². The Balaban J connectivity index is 2.77. The van der Waals surface area contributed by atoms with Crippen molar-refractivity contribution in [3.63, 3.8) is 0 Å². The first kappa shape index (κ1) is 14.0. The molecule has 0 heterocycles. The SMILES string of the molecule is COCC(O)CN(C)c1ccc(C)cc1CO. The molecule has 96 valence electrons. The van der Waals surface area contributed by atoms with E-state index >= 15 is 0 Å². The number of aliphatic hydroxyl groups is 2. The van der Waals surface area contributed by atoms with E-state index in [1.165, 1.54) is 0 Å². The maximum atomic E-state index is 9.67. The average Bonchev–Trinajstić information content (AvgIpc) is 2.28. The molecule has 0 aliphatic heterocycles. The summed E-state index contributed by atoms with van der Waals surface area (Å²) in [5, 5.41) is 19.0. The van der Waals surface area contributed by atoms with Gasteiger partial charge in [-0.2, -0.15) is 0 Å². The van der Waals surface area contributed by atoms with Gasteiger partial charge in [-0.3, -0.25) is 0 Å². The summed E-state index contributed by atoms with van der Waals surface area (Å²) in [5.74, 6) is 0. The van der Waals surface area contributed by atoms with Crippen LogP contribution in [-0.4, -0.2) is 43.6 Å². The lowest BCUT2D eigenvalue weighted by Crippen LogP contribution is -2.32. The Kier molecular flexibility index (Phi) is 5.41. The number of benzene rings is 1. The molecule has 0 saturated carbocycles. The summed E-state index contributed by atoms with van der Waals surface area (Å²) in [6.07, 6.45) is -0.530. The van der Waals surface area contributed by atoms with E-state index in [9.17, 15) is 10.2 Å². The van der Waals surface area contributed by atoms with Crippen LogP contribution in [0.2, 0.25) is 0 Å². The van der Waals surface area contributed by atoms with Crippen molar-refractivity contribution in [3.05, 3.63) is 29.3 Å². The highest BCUT2D eigenvalue weighted by molar-refractivity contribution is 5.54. The molecular formula is C13H21NO3. The fourth-order valence-corrected chi connectivity index (χ4v) is 1.87. The highest BCUT2D eigenvalue weighted by atomic mass is 16.5. The monoisotopic (exact) mass is 239 g/mol. The molecule has 4 nitrogen and oxygen atoms in total. The van der Waals surface area contributed by atoms with Gasteiger partial charge in [0.25, 0.3) is 0 Å². The molecule has 0 bridgehead atoms. The number of methoxy groups -OCH3 is 1. The standard InChI is InChI=1S/C13H21NO3/c1-10-4-5-13(11(6-10)8-15)14(2)7-12(16)9-17-3/h4-6,12,15-16H,7-9H2,1-3H3. The van der Waals surface area contributed by atoms with E-state index in [-0.39, 0.29) is 6.61 Å². The van der Waals surface area contributed by atoms with Crippen LogP contribution in [0, 0.1) is 6.92 Å². The first-order valence-electron chi connectivity index (χ1n) is 5.67. The van der Waals surface area contributed by atoms with Crippen LogP contribution in [0.5, 0.6) is 0 Å². The molecule has 0 saturated heterocycles. The first-order valence-corrected chi connectivity index (χ1v) is 5.67. The summed E-state index contributed by atoms with van der Waals surface area (Å²) in [4.78, 5) is 1.93. The molecule has 2 N–H and O–H groups in total. The topological polar surface area (TPSA) is 52.9 Å². The summed E-state index contributed by atoms with van der Waals surface area (Å²) in [6, 6.07) is 5.91. The third kappa shape index (κ3) is 4.00. The number of likely N-dealkylation sites (N-methyl/N-ethyl adjacent to an activating group) is 1. The molecule has 1 unspecified atom stereocenters. The van der Waals surface area contributed by atoms with Gasteiger partial charge in [0, 0.05) is 32.0 Å². The maximum absolute atomic E-state index is 9.67. The molecule has 1 rings (SSSR count). The van der Waals surface area contributed by atoms with Crippen molar-refractivity contribution in [3.8, 4) is 0 Å². The summed E-state index contributed by atoms with van der Waals surface area (Å²) in [7, 11) is 3.46. The van der Waals surface area contributed by atoms with Crippen molar-refractivity contribution >= 4 is 5.69 Å². The molecule has 0 aromatic heterocycles. The molecule has 0 amide bonds. The van der Waals surface area contributed by atoms with E-state index in [4.69, 9.17) is 4.74 Å². The van der Waals surface area contributed by atoms with Crippen LogP contribution in [0.15, 0.2) is 18.2 Å². The fraction of sp³-hybridized carbons (Fsp3) is 0.538. The third-order valence-electron chi connectivity index (χ3n) is 2.66. The van der Waals surface area contributed by atoms with Gasteiger partial charge in [-0.25, -0.2) is 0 Å². The number of aryl methyl sites for hydroxylation is 1. The van der Waals surface area contributed by atoms with E-state index in [1.807, 2.05) is 37.1 Å². The lowest BCUT2D eigenvalue weighted by molar-refractivity contribution is 0.0694. The van der Waals surface area contributed by atoms with Gasteiger partial charge in [0.15, 0.2) is 0 Å². The zero-order chi connectivity index (χ0) is 12.8. The highest BCUT2D eigenvalue weighted by Crippen LogP contribution is 2.21. The molecule has 17 heavy (non-hydrogen) atoms. The van der Waals surface area contributed by atoms with Gasteiger partial charge in [-0.15, -0.1) is 0 Å². The zero-order valence-electron chi connectivity index (χ0n) is 10.7. The molecular weight excluding hydrogens is 218 g/mol. The molecule has 1 aromatic rings.